The van der Waals surface area contributed by atoms with Crippen LogP contribution in [0, 0.1) is 0 Å². The molecule has 0 aliphatic carbocycles. The number of benzene rings is 8. The molecule has 0 unspecified atom stereocenters. The Morgan fingerprint density at radius 2 is 0.784 bits per heavy atom. The first-order valence-electron chi connectivity index (χ1n) is 17.3. The summed E-state index contributed by atoms with van der Waals surface area (Å²) in [5.74, 6) is 0. The molecule has 0 saturated carbocycles. The van der Waals surface area contributed by atoms with Crippen LogP contribution in [0.25, 0.3) is 71.7 Å². The number of para-hydroxylation sites is 3. The summed E-state index contributed by atoms with van der Waals surface area (Å²) in [7, 11) is 0. The zero-order chi connectivity index (χ0) is 33.7. The normalized spacial score (nSPS) is 11.5. The minimum Gasteiger partial charge on any atom is -0.456 e. The van der Waals surface area contributed by atoms with E-state index in [1.807, 2.05) is 12.1 Å². The first-order chi connectivity index (χ1) is 25.3. The minimum atomic E-state index is 0.888. The molecule has 240 valence electrons. The summed E-state index contributed by atoms with van der Waals surface area (Å²) in [4.78, 5) is 2.32. The highest BCUT2D eigenvalue weighted by Gasteiger charge is 2.17. The van der Waals surface area contributed by atoms with Crippen LogP contribution in [0.15, 0.2) is 199 Å². The maximum absolute atomic E-state index is 6.18. The maximum Gasteiger partial charge on any atom is 0.135 e. The van der Waals surface area contributed by atoms with E-state index in [4.69, 9.17) is 4.42 Å². The van der Waals surface area contributed by atoms with Crippen molar-refractivity contribution in [3.8, 4) is 27.9 Å². The van der Waals surface area contributed by atoms with E-state index in [0.717, 1.165) is 44.7 Å². The summed E-state index contributed by atoms with van der Waals surface area (Å²) in [6, 6.07) is 69.2. The topological polar surface area (TPSA) is 21.3 Å². The SMILES string of the molecule is c1ccc(-c2ccc(N(c3ccc(-c4ccc(-n5c6ccccc6c6ccccc65)cc4)cc3)c3ccc4oc5ccccc5c4c3)cc2)cc1. The average Bonchev–Trinajstić information content (AvgIpc) is 3.75. The van der Waals surface area contributed by atoms with Gasteiger partial charge < -0.3 is 13.9 Å². The van der Waals surface area contributed by atoms with Crippen molar-refractivity contribution >= 4 is 60.8 Å². The molecule has 51 heavy (non-hydrogen) atoms. The molecule has 0 aliphatic rings. The molecule has 0 radical (unpaired) electrons. The Hall–Kier alpha value is -6.84. The van der Waals surface area contributed by atoms with Gasteiger partial charge >= 0.3 is 0 Å². The van der Waals surface area contributed by atoms with Crippen LogP contribution in [-0.2, 0) is 0 Å². The molecule has 3 nitrogen and oxygen atoms in total. The van der Waals surface area contributed by atoms with E-state index in [2.05, 4.69) is 191 Å². The van der Waals surface area contributed by atoms with Crippen LogP contribution >= 0.6 is 0 Å². The Morgan fingerprint density at radius 3 is 1.39 bits per heavy atom. The molecule has 2 heterocycles. The van der Waals surface area contributed by atoms with Gasteiger partial charge in [-0.05, 0) is 95.1 Å². The van der Waals surface area contributed by atoms with Gasteiger partial charge in [-0.1, -0.05) is 121 Å². The molecule has 0 atom stereocenters. The molecule has 2 aromatic heterocycles. The molecule has 0 amide bonds. The van der Waals surface area contributed by atoms with Crippen LogP contribution in [0.5, 0.6) is 0 Å². The Bertz CT molecular complexity index is 2770. The van der Waals surface area contributed by atoms with E-state index < -0.39 is 0 Å². The van der Waals surface area contributed by atoms with Crippen LogP contribution in [0.2, 0.25) is 0 Å². The third-order valence-electron chi connectivity index (χ3n) is 10.0. The lowest BCUT2D eigenvalue weighted by Gasteiger charge is -2.26. The van der Waals surface area contributed by atoms with E-state index in [1.165, 1.54) is 44.1 Å². The summed E-state index contributed by atoms with van der Waals surface area (Å²) < 4.78 is 8.54. The number of aromatic nitrogens is 1. The zero-order valence-corrected chi connectivity index (χ0v) is 27.8. The van der Waals surface area contributed by atoms with Gasteiger partial charge in [0, 0.05) is 44.3 Å². The molecule has 0 saturated heterocycles. The molecular formula is C48H32N2O. The fourth-order valence-electron chi connectivity index (χ4n) is 7.54. The fraction of sp³-hybridized carbons (Fsp3) is 0. The fourth-order valence-corrected chi connectivity index (χ4v) is 7.54. The van der Waals surface area contributed by atoms with Crippen molar-refractivity contribution in [2.45, 2.75) is 0 Å². The highest BCUT2D eigenvalue weighted by molar-refractivity contribution is 6.09. The monoisotopic (exact) mass is 652 g/mol. The molecule has 3 heteroatoms. The first-order valence-corrected chi connectivity index (χ1v) is 17.3. The van der Waals surface area contributed by atoms with Crippen LogP contribution < -0.4 is 4.90 Å². The lowest BCUT2D eigenvalue weighted by atomic mass is 10.0. The van der Waals surface area contributed by atoms with E-state index in [9.17, 15) is 0 Å². The van der Waals surface area contributed by atoms with E-state index >= 15 is 0 Å². The van der Waals surface area contributed by atoms with Crippen LogP contribution in [0.1, 0.15) is 0 Å². The predicted octanol–water partition coefficient (Wildman–Crippen LogP) is 13.5. The second-order valence-electron chi connectivity index (χ2n) is 13.0. The number of hydrogen-bond donors (Lipinski definition) is 0. The molecule has 0 fully saturated rings. The van der Waals surface area contributed by atoms with Gasteiger partial charge in [-0.2, -0.15) is 0 Å². The second kappa shape index (κ2) is 11.9. The summed E-state index contributed by atoms with van der Waals surface area (Å²) in [5, 5.41) is 4.77. The summed E-state index contributed by atoms with van der Waals surface area (Å²) in [5.41, 5.74) is 13.4. The lowest BCUT2D eigenvalue weighted by Crippen LogP contribution is -2.09. The quantitative estimate of drug-likeness (QED) is 0.178. The van der Waals surface area contributed by atoms with Gasteiger partial charge in [0.2, 0.25) is 0 Å². The van der Waals surface area contributed by atoms with E-state index in [1.54, 1.807) is 0 Å². The van der Waals surface area contributed by atoms with Crippen molar-refractivity contribution in [3.05, 3.63) is 194 Å². The molecule has 8 aromatic carbocycles. The average molecular weight is 653 g/mol. The van der Waals surface area contributed by atoms with Crippen LogP contribution in [0.4, 0.5) is 17.1 Å². The zero-order valence-electron chi connectivity index (χ0n) is 27.8. The van der Waals surface area contributed by atoms with Gasteiger partial charge in [0.15, 0.2) is 0 Å². The Balaban J connectivity index is 1.03. The number of rotatable bonds is 6. The predicted molar refractivity (Wildman–Crippen MR) is 214 cm³/mol. The van der Waals surface area contributed by atoms with Gasteiger partial charge in [-0.15, -0.1) is 0 Å². The van der Waals surface area contributed by atoms with Crippen molar-refractivity contribution in [1.29, 1.82) is 0 Å². The third kappa shape index (κ3) is 4.98. The van der Waals surface area contributed by atoms with Gasteiger partial charge in [0.25, 0.3) is 0 Å². The third-order valence-corrected chi connectivity index (χ3v) is 10.0. The minimum absolute atomic E-state index is 0.888. The van der Waals surface area contributed by atoms with Gasteiger partial charge in [0.1, 0.15) is 11.2 Å². The van der Waals surface area contributed by atoms with Gasteiger partial charge in [-0.25, -0.2) is 0 Å². The highest BCUT2D eigenvalue weighted by atomic mass is 16.3. The van der Waals surface area contributed by atoms with Crippen LogP contribution in [0.3, 0.4) is 0 Å². The Morgan fingerprint density at radius 1 is 0.333 bits per heavy atom. The molecule has 10 rings (SSSR count). The Kier molecular flexibility index (Phi) is 6.81. The maximum atomic E-state index is 6.18. The molecule has 10 aromatic rings. The Labute approximate surface area is 295 Å². The number of furan rings is 1. The van der Waals surface area contributed by atoms with Crippen molar-refractivity contribution in [2.24, 2.45) is 0 Å². The number of fused-ring (bicyclic) bond motifs is 6. The lowest BCUT2D eigenvalue weighted by molar-refractivity contribution is 0.669. The second-order valence-corrected chi connectivity index (χ2v) is 13.0. The van der Waals surface area contributed by atoms with Crippen molar-refractivity contribution in [2.75, 3.05) is 4.90 Å². The van der Waals surface area contributed by atoms with Crippen molar-refractivity contribution < 1.29 is 4.42 Å². The standard InChI is InChI=1S/C48H32N2O/c1-2-10-33(11-3-1)34-18-24-37(25-19-34)49(40-30-31-48-44(32-40)43-14-6-9-17-47(43)51-48)38-26-20-35(21-27-38)36-22-28-39(29-23-36)50-45-15-7-4-12-41(45)42-13-5-8-16-46(42)50/h1-32H. The first kappa shape index (κ1) is 29.1. The van der Waals surface area contributed by atoms with Crippen LogP contribution in [-0.4, -0.2) is 4.57 Å². The summed E-state index contributed by atoms with van der Waals surface area (Å²) >= 11 is 0. The van der Waals surface area contributed by atoms with E-state index in [0.29, 0.717) is 0 Å². The number of hydrogen-bond acceptors (Lipinski definition) is 2. The smallest absolute Gasteiger partial charge is 0.135 e. The number of anilines is 3. The largest absolute Gasteiger partial charge is 0.456 e. The van der Waals surface area contributed by atoms with Crippen molar-refractivity contribution in [3.63, 3.8) is 0 Å². The molecular weight excluding hydrogens is 621 g/mol. The molecule has 0 spiro atoms. The molecule has 0 bridgehead atoms. The highest BCUT2D eigenvalue weighted by Crippen LogP contribution is 2.40. The number of nitrogens with zero attached hydrogens (tertiary/aromatic N) is 2. The molecule has 0 aliphatic heterocycles. The van der Waals surface area contributed by atoms with Gasteiger partial charge in [0.05, 0.1) is 11.0 Å². The van der Waals surface area contributed by atoms with Crippen molar-refractivity contribution in [1.82, 2.24) is 4.57 Å². The molecule has 0 N–H and O–H groups in total. The van der Waals surface area contributed by atoms with E-state index in [-0.39, 0.29) is 0 Å². The summed E-state index contributed by atoms with van der Waals surface area (Å²) in [6.45, 7) is 0. The van der Waals surface area contributed by atoms with Gasteiger partial charge in [-0.3, -0.25) is 0 Å². The summed E-state index contributed by atoms with van der Waals surface area (Å²) in [6.07, 6.45) is 0.